The Morgan fingerprint density at radius 2 is 2.38 bits per heavy atom. The van der Waals surface area contributed by atoms with E-state index in [4.69, 9.17) is 4.74 Å². The Balaban J connectivity index is 1.41. The number of nitrogens with zero attached hydrogens (tertiary/aromatic N) is 4. The van der Waals surface area contributed by atoms with Crippen LogP contribution in [0.1, 0.15) is 16.9 Å². The van der Waals surface area contributed by atoms with Crippen molar-refractivity contribution in [2.24, 2.45) is 0 Å². The molecule has 1 aliphatic heterocycles. The van der Waals surface area contributed by atoms with Crippen molar-refractivity contribution in [2.75, 3.05) is 13.1 Å². The molecule has 0 unspecified atom stereocenters. The summed E-state index contributed by atoms with van der Waals surface area (Å²) in [4.78, 5) is 23.3. The van der Waals surface area contributed by atoms with E-state index in [0.29, 0.717) is 24.7 Å². The Morgan fingerprint density at radius 3 is 3.17 bits per heavy atom. The molecule has 3 aromatic heterocycles. The second-order valence-corrected chi connectivity index (χ2v) is 6.42. The molecule has 0 radical (unpaired) electrons. The summed E-state index contributed by atoms with van der Waals surface area (Å²) in [5.41, 5.74) is 1.29. The Kier molecular flexibility index (Phi) is 3.96. The minimum atomic E-state index is -0.0807. The standard InChI is InChI=1S/C16H15N5O2S/c22-16(13-8-12(19-20-13)14-2-1-7-24-14)21-6-4-11(9-21)23-15-3-5-17-10-18-15/h1-3,5,7-8,10-11H,4,6,9H2,(H,19,20)/t11-/m0/s1. The minimum absolute atomic E-state index is 0.0560. The summed E-state index contributed by atoms with van der Waals surface area (Å²) >= 11 is 1.61. The van der Waals surface area contributed by atoms with Crippen LogP contribution in [-0.4, -0.2) is 50.2 Å². The molecule has 8 heteroatoms. The number of carbonyl (C=O) groups is 1. The summed E-state index contributed by atoms with van der Waals surface area (Å²) in [6.07, 6.45) is 3.80. The summed E-state index contributed by atoms with van der Waals surface area (Å²) in [6.45, 7) is 1.18. The van der Waals surface area contributed by atoms with Crippen LogP contribution >= 0.6 is 11.3 Å². The highest BCUT2D eigenvalue weighted by Gasteiger charge is 2.29. The topological polar surface area (TPSA) is 84.0 Å². The van der Waals surface area contributed by atoms with Crippen LogP contribution in [0.5, 0.6) is 5.88 Å². The highest BCUT2D eigenvalue weighted by Crippen LogP contribution is 2.24. The predicted octanol–water partition coefficient (Wildman–Crippen LogP) is 2.22. The van der Waals surface area contributed by atoms with Gasteiger partial charge in [0.15, 0.2) is 5.69 Å². The zero-order valence-corrected chi connectivity index (χ0v) is 13.6. The monoisotopic (exact) mass is 341 g/mol. The number of rotatable bonds is 4. The molecule has 0 spiro atoms. The van der Waals surface area contributed by atoms with Gasteiger partial charge >= 0.3 is 0 Å². The molecular weight excluding hydrogens is 326 g/mol. The molecule has 0 aliphatic carbocycles. The van der Waals surface area contributed by atoms with Gasteiger partial charge in [-0.05, 0) is 17.5 Å². The molecule has 122 valence electrons. The number of likely N-dealkylation sites (tertiary alicyclic amines) is 1. The third-order valence-electron chi connectivity index (χ3n) is 3.86. The quantitative estimate of drug-likeness (QED) is 0.786. The highest BCUT2D eigenvalue weighted by atomic mass is 32.1. The number of thiophene rings is 1. The number of carbonyl (C=O) groups excluding carboxylic acids is 1. The molecule has 24 heavy (non-hydrogen) atoms. The lowest BCUT2D eigenvalue weighted by Crippen LogP contribution is -2.31. The van der Waals surface area contributed by atoms with Crippen molar-refractivity contribution in [3.63, 3.8) is 0 Å². The lowest BCUT2D eigenvalue weighted by molar-refractivity contribution is 0.0765. The number of aromatic amines is 1. The Morgan fingerprint density at radius 1 is 1.42 bits per heavy atom. The molecule has 0 bridgehead atoms. The molecular formula is C16H15N5O2S. The smallest absolute Gasteiger partial charge is 0.274 e. The number of hydrogen-bond acceptors (Lipinski definition) is 6. The molecule has 4 rings (SSSR count). The van der Waals surface area contributed by atoms with Crippen LogP contribution in [0.2, 0.25) is 0 Å². The lowest BCUT2D eigenvalue weighted by Gasteiger charge is -2.15. The van der Waals surface area contributed by atoms with Crippen molar-refractivity contribution >= 4 is 17.2 Å². The first-order valence-electron chi connectivity index (χ1n) is 7.61. The summed E-state index contributed by atoms with van der Waals surface area (Å²) < 4.78 is 5.78. The largest absolute Gasteiger partial charge is 0.472 e. The molecule has 1 aliphatic rings. The van der Waals surface area contributed by atoms with Gasteiger partial charge in [0.05, 0.1) is 17.1 Å². The molecule has 0 aromatic carbocycles. The van der Waals surface area contributed by atoms with Gasteiger partial charge in [-0.1, -0.05) is 6.07 Å². The first-order chi connectivity index (χ1) is 11.8. The number of H-pyrrole nitrogens is 1. The van der Waals surface area contributed by atoms with E-state index < -0.39 is 0 Å². The summed E-state index contributed by atoms with van der Waals surface area (Å²) in [7, 11) is 0. The molecule has 1 amide bonds. The van der Waals surface area contributed by atoms with Gasteiger partial charge in [-0.3, -0.25) is 9.89 Å². The Bertz CT molecular complexity index is 818. The number of nitrogens with one attached hydrogen (secondary N) is 1. The van der Waals surface area contributed by atoms with Crippen LogP contribution in [0, 0.1) is 0 Å². The van der Waals surface area contributed by atoms with Crippen LogP contribution in [0.3, 0.4) is 0 Å². The van der Waals surface area contributed by atoms with Crippen molar-refractivity contribution in [3.8, 4) is 16.5 Å². The van der Waals surface area contributed by atoms with Gasteiger partial charge in [-0.25, -0.2) is 9.97 Å². The van der Waals surface area contributed by atoms with Gasteiger partial charge in [0.1, 0.15) is 12.4 Å². The maximum absolute atomic E-state index is 12.6. The fourth-order valence-electron chi connectivity index (χ4n) is 2.68. The summed E-state index contributed by atoms with van der Waals surface area (Å²) in [5.74, 6) is 0.451. The second-order valence-electron chi connectivity index (χ2n) is 5.47. The zero-order valence-electron chi connectivity index (χ0n) is 12.8. The van der Waals surface area contributed by atoms with Crippen molar-refractivity contribution < 1.29 is 9.53 Å². The van der Waals surface area contributed by atoms with Gasteiger partial charge in [-0.15, -0.1) is 11.3 Å². The summed E-state index contributed by atoms with van der Waals surface area (Å²) in [6, 6.07) is 7.48. The van der Waals surface area contributed by atoms with E-state index in [1.165, 1.54) is 6.33 Å². The van der Waals surface area contributed by atoms with E-state index in [2.05, 4.69) is 20.2 Å². The molecule has 7 nitrogen and oxygen atoms in total. The number of amides is 1. The minimum Gasteiger partial charge on any atom is -0.472 e. The molecule has 1 saturated heterocycles. The normalized spacial score (nSPS) is 17.2. The zero-order chi connectivity index (χ0) is 16.4. The number of aromatic nitrogens is 4. The predicted molar refractivity (Wildman–Crippen MR) is 88.9 cm³/mol. The van der Waals surface area contributed by atoms with E-state index in [-0.39, 0.29) is 12.0 Å². The van der Waals surface area contributed by atoms with Gasteiger partial charge in [0.2, 0.25) is 5.88 Å². The highest BCUT2D eigenvalue weighted by molar-refractivity contribution is 7.13. The van der Waals surface area contributed by atoms with Crippen LogP contribution in [0.4, 0.5) is 0 Å². The first kappa shape index (κ1) is 14.8. The van der Waals surface area contributed by atoms with Crippen LogP contribution in [0.25, 0.3) is 10.6 Å². The Labute approximate surface area is 142 Å². The third-order valence-corrected chi connectivity index (χ3v) is 4.76. The van der Waals surface area contributed by atoms with Gasteiger partial charge in [0, 0.05) is 25.2 Å². The van der Waals surface area contributed by atoms with E-state index in [1.807, 2.05) is 17.5 Å². The van der Waals surface area contributed by atoms with Crippen molar-refractivity contribution in [2.45, 2.75) is 12.5 Å². The molecule has 1 fully saturated rings. The fraction of sp³-hybridized carbons (Fsp3) is 0.250. The fourth-order valence-corrected chi connectivity index (χ4v) is 3.37. The van der Waals surface area contributed by atoms with Crippen LogP contribution in [0.15, 0.2) is 42.2 Å². The molecule has 1 N–H and O–H groups in total. The molecule has 3 aromatic rings. The van der Waals surface area contributed by atoms with Gasteiger partial charge in [0.25, 0.3) is 5.91 Å². The molecule has 0 saturated carbocycles. The van der Waals surface area contributed by atoms with E-state index in [1.54, 1.807) is 34.6 Å². The summed E-state index contributed by atoms with van der Waals surface area (Å²) in [5, 5.41) is 9.08. The maximum Gasteiger partial charge on any atom is 0.274 e. The maximum atomic E-state index is 12.6. The van der Waals surface area contributed by atoms with E-state index in [0.717, 1.165) is 17.0 Å². The average molecular weight is 341 g/mol. The third kappa shape index (κ3) is 3.00. The number of ether oxygens (including phenoxy) is 1. The van der Waals surface area contributed by atoms with Crippen molar-refractivity contribution in [3.05, 3.63) is 47.9 Å². The Hall–Kier alpha value is -2.74. The molecule has 4 heterocycles. The van der Waals surface area contributed by atoms with E-state index >= 15 is 0 Å². The van der Waals surface area contributed by atoms with Crippen molar-refractivity contribution in [1.29, 1.82) is 0 Å². The van der Waals surface area contributed by atoms with Crippen LogP contribution in [-0.2, 0) is 0 Å². The number of hydrogen-bond donors (Lipinski definition) is 1. The van der Waals surface area contributed by atoms with Crippen LogP contribution < -0.4 is 4.74 Å². The van der Waals surface area contributed by atoms with Gasteiger partial charge in [-0.2, -0.15) is 5.10 Å². The lowest BCUT2D eigenvalue weighted by atomic mass is 10.3. The van der Waals surface area contributed by atoms with Gasteiger partial charge < -0.3 is 9.64 Å². The first-order valence-corrected chi connectivity index (χ1v) is 8.49. The SMILES string of the molecule is O=C(c1cc(-c2cccs2)[nH]n1)N1CC[C@H](Oc2ccncn2)C1. The van der Waals surface area contributed by atoms with Crippen molar-refractivity contribution in [1.82, 2.24) is 25.1 Å². The second kappa shape index (κ2) is 6.40. The van der Waals surface area contributed by atoms with E-state index in [9.17, 15) is 4.79 Å². The average Bonchev–Trinajstić information content (AvgIpc) is 3.36. The molecule has 1 atom stereocenters.